The van der Waals surface area contributed by atoms with Crippen LogP contribution in [-0.2, 0) is 0 Å². The van der Waals surface area contributed by atoms with E-state index in [9.17, 15) is 5.26 Å². The van der Waals surface area contributed by atoms with Gasteiger partial charge >= 0.3 is 0 Å². The maximum atomic E-state index is 9.24. The monoisotopic (exact) mass is 409 g/mol. The van der Waals surface area contributed by atoms with Crippen LogP contribution in [0.15, 0.2) is 60.7 Å². The molecule has 0 amide bonds. The van der Waals surface area contributed by atoms with Gasteiger partial charge in [-0.05, 0) is 55.5 Å². The molecule has 1 N–H and O–H groups in total. The van der Waals surface area contributed by atoms with Crippen molar-refractivity contribution < 1.29 is 9.47 Å². The lowest BCUT2D eigenvalue weighted by molar-refractivity contribution is 0.174. The zero-order valence-corrected chi connectivity index (χ0v) is 17.1. The number of benzene rings is 2. The summed E-state index contributed by atoms with van der Waals surface area (Å²) in [7, 11) is 1.91. The minimum atomic E-state index is 0.217. The molecule has 2 aromatic heterocycles. The second kappa shape index (κ2) is 7.50. The van der Waals surface area contributed by atoms with Gasteiger partial charge in [0.1, 0.15) is 5.69 Å². The summed E-state index contributed by atoms with van der Waals surface area (Å²) in [5.74, 6) is 2.06. The van der Waals surface area contributed by atoms with Crippen molar-refractivity contribution in [1.29, 1.82) is 5.26 Å². The lowest BCUT2D eigenvalue weighted by Crippen LogP contribution is -2.11. The molecule has 0 unspecified atom stereocenters. The van der Waals surface area contributed by atoms with Gasteiger partial charge in [-0.15, -0.1) is 0 Å². The molecule has 0 atom stereocenters. The molecule has 0 bridgehead atoms. The normalized spacial score (nSPS) is 11.9. The Kier molecular flexibility index (Phi) is 4.53. The highest BCUT2D eigenvalue weighted by molar-refractivity contribution is 5.80. The molecule has 0 saturated carbocycles. The first kappa shape index (κ1) is 18.7. The molecule has 1 aliphatic heterocycles. The van der Waals surface area contributed by atoms with Crippen molar-refractivity contribution in [3.63, 3.8) is 0 Å². The topological polar surface area (TPSA) is 87.1 Å². The summed E-state index contributed by atoms with van der Waals surface area (Å²) in [5.41, 5.74) is 5.62. The fourth-order valence-corrected chi connectivity index (χ4v) is 3.55. The van der Waals surface area contributed by atoms with Crippen molar-refractivity contribution in [3.8, 4) is 40.2 Å². The number of ether oxygens (including phenoxy) is 2. The van der Waals surface area contributed by atoms with Gasteiger partial charge in [-0.2, -0.15) is 5.26 Å². The first-order valence-corrected chi connectivity index (χ1v) is 9.80. The van der Waals surface area contributed by atoms with Gasteiger partial charge in [0.25, 0.3) is 0 Å². The number of aromatic amines is 1. The SMILES string of the molecule is Cc1cccc(-c2[nH]c(N(C)c3cccc(C#N)c3)nc2-c2ccc3c(c2)OCO3)n1. The summed E-state index contributed by atoms with van der Waals surface area (Å²) in [4.78, 5) is 14.9. The summed E-state index contributed by atoms with van der Waals surface area (Å²) in [6.07, 6.45) is 0. The summed E-state index contributed by atoms with van der Waals surface area (Å²) >= 11 is 0. The van der Waals surface area contributed by atoms with Crippen LogP contribution < -0.4 is 14.4 Å². The maximum Gasteiger partial charge on any atom is 0.231 e. The number of pyridine rings is 1. The summed E-state index contributed by atoms with van der Waals surface area (Å²) in [5, 5.41) is 9.24. The molecule has 7 heteroatoms. The van der Waals surface area contributed by atoms with E-state index >= 15 is 0 Å². The van der Waals surface area contributed by atoms with Crippen LogP contribution in [-0.4, -0.2) is 28.8 Å². The Morgan fingerprint density at radius 3 is 2.68 bits per heavy atom. The van der Waals surface area contributed by atoms with Crippen molar-refractivity contribution in [2.24, 2.45) is 0 Å². The largest absolute Gasteiger partial charge is 0.454 e. The summed E-state index contributed by atoms with van der Waals surface area (Å²) in [6, 6.07) is 21.2. The van der Waals surface area contributed by atoms with Gasteiger partial charge in [-0.1, -0.05) is 12.1 Å². The number of anilines is 2. The van der Waals surface area contributed by atoms with E-state index in [2.05, 4.69) is 16.0 Å². The van der Waals surface area contributed by atoms with Crippen molar-refractivity contribution in [1.82, 2.24) is 15.0 Å². The second-order valence-corrected chi connectivity index (χ2v) is 7.24. The summed E-state index contributed by atoms with van der Waals surface area (Å²) < 4.78 is 11.0. The Morgan fingerprint density at radius 2 is 1.84 bits per heavy atom. The minimum absolute atomic E-state index is 0.217. The Hall–Kier alpha value is -4.31. The number of hydrogen-bond acceptors (Lipinski definition) is 6. The average molecular weight is 409 g/mol. The number of hydrogen-bond donors (Lipinski definition) is 1. The Balaban J connectivity index is 1.64. The van der Waals surface area contributed by atoms with E-state index in [1.165, 1.54) is 0 Å². The Morgan fingerprint density at radius 1 is 1.00 bits per heavy atom. The van der Waals surface area contributed by atoms with E-state index in [1.807, 2.05) is 73.5 Å². The fourth-order valence-electron chi connectivity index (χ4n) is 3.55. The molecule has 152 valence electrons. The lowest BCUT2D eigenvalue weighted by atomic mass is 10.1. The average Bonchev–Trinajstić information content (AvgIpc) is 3.45. The van der Waals surface area contributed by atoms with Crippen molar-refractivity contribution >= 4 is 11.6 Å². The van der Waals surface area contributed by atoms with Gasteiger partial charge < -0.3 is 19.4 Å². The van der Waals surface area contributed by atoms with E-state index in [4.69, 9.17) is 14.5 Å². The van der Waals surface area contributed by atoms with E-state index in [-0.39, 0.29) is 6.79 Å². The van der Waals surface area contributed by atoms with E-state index in [0.717, 1.165) is 39.8 Å². The first-order chi connectivity index (χ1) is 15.1. The number of aromatic nitrogens is 3. The van der Waals surface area contributed by atoms with E-state index in [0.29, 0.717) is 17.3 Å². The second-order valence-electron chi connectivity index (χ2n) is 7.24. The zero-order chi connectivity index (χ0) is 21.4. The third-order valence-corrected chi connectivity index (χ3v) is 5.16. The predicted octanol–water partition coefficient (Wildman–Crippen LogP) is 4.82. The van der Waals surface area contributed by atoms with Gasteiger partial charge in [-0.3, -0.25) is 4.98 Å². The molecule has 1 aliphatic rings. The van der Waals surface area contributed by atoms with Gasteiger partial charge in [-0.25, -0.2) is 4.98 Å². The van der Waals surface area contributed by atoms with Crippen LogP contribution in [0, 0.1) is 18.3 Å². The third-order valence-electron chi connectivity index (χ3n) is 5.16. The quantitative estimate of drug-likeness (QED) is 0.520. The number of rotatable bonds is 4. The molecular formula is C24H19N5O2. The molecule has 0 radical (unpaired) electrons. The Bertz CT molecular complexity index is 1320. The number of H-pyrrole nitrogens is 1. The van der Waals surface area contributed by atoms with Crippen LogP contribution in [0.5, 0.6) is 11.5 Å². The minimum Gasteiger partial charge on any atom is -0.454 e. The number of nitriles is 1. The van der Waals surface area contributed by atoms with Crippen LogP contribution in [0.3, 0.4) is 0 Å². The fraction of sp³-hybridized carbons (Fsp3) is 0.125. The van der Waals surface area contributed by atoms with Crippen molar-refractivity contribution in [2.75, 3.05) is 18.7 Å². The highest BCUT2D eigenvalue weighted by Gasteiger charge is 2.21. The molecule has 31 heavy (non-hydrogen) atoms. The molecule has 0 saturated heterocycles. The molecule has 5 rings (SSSR count). The number of nitrogens with one attached hydrogen (secondary N) is 1. The smallest absolute Gasteiger partial charge is 0.231 e. The molecule has 0 aliphatic carbocycles. The molecule has 0 spiro atoms. The van der Waals surface area contributed by atoms with Gasteiger partial charge in [0, 0.05) is 24.0 Å². The standard InChI is InChI=1S/C24H19N5O2/c1-15-5-3-8-19(26-15)23-22(17-9-10-20-21(12-17)31-14-30-20)27-24(28-23)29(2)18-7-4-6-16(11-18)13-25/h3-12H,14H2,1-2H3,(H,27,28). The van der Waals surface area contributed by atoms with E-state index in [1.54, 1.807) is 6.07 Å². The number of fused-ring (bicyclic) bond motifs is 1. The highest BCUT2D eigenvalue weighted by Crippen LogP contribution is 2.39. The summed E-state index contributed by atoms with van der Waals surface area (Å²) in [6.45, 7) is 2.18. The van der Waals surface area contributed by atoms with Crippen LogP contribution >= 0.6 is 0 Å². The maximum absolute atomic E-state index is 9.24. The molecule has 2 aromatic carbocycles. The van der Waals surface area contributed by atoms with Gasteiger partial charge in [0.2, 0.25) is 12.7 Å². The van der Waals surface area contributed by atoms with Crippen molar-refractivity contribution in [2.45, 2.75) is 6.92 Å². The zero-order valence-electron chi connectivity index (χ0n) is 17.1. The molecule has 0 fully saturated rings. The number of imidazole rings is 1. The van der Waals surface area contributed by atoms with Crippen LogP contribution in [0.25, 0.3) is 22.6 Å². The first-order valence-electron chi connectivity index (χ1n) is 9.80. The predicted molar refractivity (Wildman–Crippen MR) is 117 cm³/mol. The van der Waals surface area contributed by atoms with Gasteiger partial charge in [0.15, 0.2) is 11.5 Å². The third kappa shape index (κ3) is 3.45. The number of aryl methyl sites for hydroxylation is 1. The van der Waals surface area contributed by atoms with Crippen LogP contribution in [0.1, 0.15) is 11.3 Å². The highest BCUT2D eigenvalue weighted by atomic mass is 16.7. The number of nitrogens with zero attached hydrogens (tertiary/aromatic N) is 4. The van der Waals surface area contributed by atoms with Crippen LogP contribution in [0.2, 0.25) is 0 Å². The molecule has 3 heterocycles. The lowest BCUT2D eigenvalue weighted by Gasteiger charge is -2.16. The van der Waals surface area contributed by atoms with Crippen LogP contribution in [0.4, 0.5) is 11.6 Å². The van der Waals surface area contributed by atoms with Gasteiger partial charge in [0.05, 0.1) is 23.0 Å². The molecular weight excluding hydrogens is 390 g/mol. The van der Waals surface area contributed by atoms with Crippen molar-refractivity contribution in [3.05, 3.63) is 71.9 Å². The molecule has 7 nitrogen and oxygen atoms in total. The van der Waals surface area contributed by atoms with E-state index < -0.39 is 0 Å². The Labute approximate surface area is 179 Å². The molecule has 4 aromatic rings.